The van der Waals surface area contributed by atoms with Crippen LogP contribution in [-0.4, -0.2) is 62.7 Å². The van der Waals surface area contributed by atoms with E-state index in [-0.39, 0.29) is 11.8 Å². The molecule has 0 unspecified atom stereocenters. The molecular weight excluding hydrogens is 222 g/mol. The number of carbonyl (C=O) groups excluding carboxylic acids is 2. The van der Waals surface area contributed by atoms with Crippen molar-refractivity contribution in [3.05, 3.63) is 0 Å². The van der Waals surface area contributed by atoms with Crippen molar-refractivity contribution < 1.29 is 14.3 Å². The van der Waals surface area contributed by atoms with Crippen molar-refractivity contribution in [3.8, 4) is 0 Å². The molecule has 0 aromatic heterocycles. The standard InChI is InChI=1S/C11H21N3O3/c1-2-13-10(15)3-4-12-9-11(16)14-5-7-17-8-6-14/h12H,2-9H2,1H3,(H,13,15). The number of nitrogens with zero attached hydrogens (tertiary/aromatic N) is 1. The van der Waals surface area contributed by atoms with Crippen LogP contribution < -0.4 is 10.6 Å². The van der Waals surface area contributed by atoms with Crippen molar-refractivity contribution in [2.45, 2.75) is 13.3 Å². The van der Waals surface area contributed by atoms with Gasteiger partial charge in [-0.05, 0) is 6.92 Å². The maximum Gasteiger partial charge on any atom is 0.236 e. The van der Waals surface area contributed by atoms with Crippen molar-refractivity contribution in [1.29, 1.82) is 0 Å². The van der Waals surface area contributed by atoms with Crippen LogP contribution in [0, 0.1) is 0 Å². The first-order chi connectivity index (χ1) is 8.24. The van der Waals surface area contributed by atoms with E-state index in [0.717, 1.165) is 0 Å². The molecule has 1 fully saturated rings. The molecule has 0 atom stereocenters. The van der Waals surface area contributed by atoms with Crippen LogP contribution in [0.15, 0.2) is 0 Å². The molecule has 0 radical (unpaired) electrons. The van der Waals surface area contributed by atoms with Gasteiger partial charge in [0.25, 0.3) is 0 Å². The fourth-order valence-electron chi connectivity index (χ4n) is 1.61. The van der Waals surface area contributed by atoms with Gasteiger partial charge in [0.05, 0.1) is 19.8 Å². The zero-order valence-electron chi connectivity index (χ0n) is 10.3. The Bertz CT molecular complexity index is 252. The van der Waals surface area contributed by atoms with E-state index in [1.165, 1.54) is 0 Å². The normalized spacial score (nSPS) is 15.7. The van der Waals surface area contributed by atoms with E-state index in [2.05, 4.69) is 10.6 Å². The molecule has 6 nitrogen and oxygen atoms in total. The van der Waals surface area contributed by atoms with E-state index < -0.39 is 0 Å². The Hall–Kier alpha value is -1.14. The Morgan fingerprint density at radius 2 is 2.00 bits per heavy atom. The van der Waals surface area contributed by atoms with Crippen LogP contribution in [0.2, 0.25) is 0 Å². The van der Waals surface area contributed by atoms with Gasteiger partial charge < -0.3 is 20.3 Å². The Kier molecular flexibility index (Phi) is 6.57. The molecule has 1 aliphatic rings. The molecule has 2 N–H and O–H groups in total. The van der Waals surface area contributed by atoms with Gasteiger partial charge in [0.1, 0.15) is 0 Å². The number of hydrogen-bond acceptors (Lipinski definition) is 4. The maximum absolute atomic E-state index is 11.7. The van der Waals surface area contributed by atoms with Crippen molar-refractivity contribution in [2.24, 2.45) is 0 Å². The minimum Gasteiger partial charge on any atom is -0.378 e. The first kappa shape index (κ1) is 13.9. The largest absolute Gasteiger partial charge is 0.378 e. The molecular formula is C11H21N3O3. The summed E-state index contributed by atoms with van der Waals surface area (Å²) < 4.78 is 5.17. The van der Waals surface area contributed by atoms with Crippen molar-refractivity contribution in [1.82, 2.24) is 15.5 Å². The summed E-state index contributed by atoms with van der Waals surface area (Å²) in [4.78, 5) is 24.6. The summed E-state index contributed by atoms with van der Waals surface area (Å²) in [7, 11) is 0. The van der Waals surface area contributed by atoms with Crippen LogP contribution >= 0.6 is 0 Å². The highest BCUT2D eigenvalue weighted by atomic mass is 16.5. The predicted molar refractivity (Wildman–Crippen MR) is 63.6 cm³/mol. The zero-order chi connectivity index (χ0) is 12.5. The quantitative estimate of drug-likeness (QED) is 0.585. The monoisotopic (exact) mass is 243 g/mol. The Balaban J connectivity index is 2.05. The average molecular weight is 243 g/mol. The third-order valence-corrected chi connectivity index (χ3v) is 2.54. The summed E-state index contributed by atoms with van der Waals surface area (Å²) in [6, 6.07) is 0. The van der Waals surface area contributed by atoms with Crippen LogP contribution in [-0.2, 0) is 14.3 Å². The van der Waals surface area contributed by atoms with Gasteiger partial charge in [0, 0.05) is 32.6 Å². The van der Waals surface area contributed by atoms with Gasteiger partial charge in [0.15, 0.2) is 0 Å². The Morgan fingerprint density at radius 3 is 2.65 bits per heavy atom. The summed E-state index contributed by atoms with van der Waals surface area (Å²) in [6.45, 7) is 5.91. The lowest BCUT2D eigenvalue weighted by atomic mass is 10.3. The molecule has 0 aromatic rings. The van der Waals surface area contributed by atoms with Crippen LogP contribution in [0.3, 0.4) is 0 Å². The number of amides is 2. The minimum atomic E-state index is 0.0128. The lowest BCUT2D eigenvalue weighted by Gasteiger charge is -2.26. The molecule has 1 heterocycles. The van der Waals surface area contributed by atoms with Gasteiger partial charge in [-0.25, -0.2) is 0 Å². The molecule has 0 aliphatic carbocycles. The zero-order valence-corrected chi connectivity index (χ0v) is 10.3. The Morgan fingerprint density at radius 1 is 1.29 bits per heavy atom. The first-order valence-electron chi connectivity index (χ1n) is 6.07. The molecule has 17 heavy (non-hydrogen) atoms. The van der Waals surface area contributed by atoms with Gasteiger partial charge in [-0.2, -0.15) is 0 Å². The van der Waals surface area contributed by atoms with Gasteiger partial charge in [0.2, 0.25) is 11.8 Å². The highest BCUT2D eigenvalue weighted by Crippen LogP contribution is 1.96. The van der Waals surface area contributed by atoms with Gasteiger partial charge in [-0.15, -0.1) is 0 Å². The number of nitrogens with one attached hydrogen (secondary N) is 2. The molecule has 98 valence electrons. The van der Waals surface area contributed by atoms with E-state index in [4.69, 9.17) is 4.74 Å². The molecule has 0 spiro atoms. The second kappa shape index (κ2) is 8.03. The summed E-state index contributed by atoms with van der Waals surface area (Å²) in [5.41, 5.74) is 0. The van der Waals surface area contributed by atoms with Crippen molar-refractivity contribution in [2.75, 3.05) is 45.9 Å². The van der Waals surface area contributed by atoms with E-state index in [1.807, 2.05) is 6.92 Å². The second-order valence-electron chi connectivity index (χ2n) is 3.87. The highest BCUT2D eigenvalue weighted by molar-refractivity contribution is 5.78. The molecule has 1 aliphatic heterocycles. The van der Waals surface area contributed by atoms with Gasteiger partial charge in [-0.1, -0.05) is 0 Å². The fourth-order valence-corrected chi connectivity index (χ4v) is 1.61. The van der Waals surface area contributed by atoms with E-state index in [9.17, 15) is 9.59 Å². The second-order valence-corrected chi connectivity index (χ2v) is 3.87. The topological polar surface area (TPSA) is 70.7 Å². The van der Waals surface area contributed by atoms with Crippen LogP contribution in [0.25, 0.3) is 0 Å². The third-order valence-electron chi connectivity index (χ3n) is 2.54. The number of morpholine rings is 1. The average Bonchev–Trinajstić information content (AvgIpc) is 2.36. The lowest BCUT2D eigenvalue weighted by Crippen LogP contribution is -2.45. The molecule has 0 bridgehead atoms. The lowest BCUT2D eigenvalue weighted by molar-refractivity contribution is -0.134. The first-order valence-corrected chi connectivity index (χ1v) is 6.07. The van der Waals surface area contributed by atoms with Crippen LogP contribution in [0.1, 0.15) is 13.3 Å². The molecule has 6 heteroatoms. The molecule has 0 saturated carbocycles. The van der Waals surface area contributed by atoms with Crippen molar-refractivity contribution >= 4 is 11.8 Å². The van der Waals surface area contributed by atoms with E-state index >= 15 is 0 Å². The fraction of sp³-hybridized carbons (Fsp3) is 0.818. The SMILES string of the molecule is CCNC(=O)CCNCC(=O)N1CCOCC1. The van der Waals surface area contributed by atoms with Crippen molar-refractivity contribution in [3.63, 3.8) is 0 Å². The van der Waals surface area contributed by atoms with Gasteiger partial charge in [-0.3, -0.25) is 9.59 Å². The smallest absolute Gasteiger partial charge is 0.236 e. The minimum absolute atomic E-state index is 0.0128. The molecule has 2 amide bonds. The number of hydrogen-bond donors (Lipinski definition) is 2. The number of rotatable bonds is 6. The molecule has 1 rings (SSSR count). The number of ether oxygens (including phenoxy) is 1. The maximum atomic E-state index is 11.7. The van der Waals surface area contributed by atoms with Crippen LogP contribution in [0.4, 0.5) is 0 Å². The highest BCUT2D eigenvalue weighted by Gasteiger charge is 2.15. The summed E-state index contributed by atoms with van der Waals surface area (Å²) in [5.74, 6) is 0.0861. The predicted octanol–water partition coefficient (Wildman–Crippen LogP) is -1.04. The molecule has 0 aromatic carbocycles. The molecule has 1 saturated heterocycles. The summed E-state index contributed by atoms with van der Waals surface area (Å²) in [5, 5.41) is 5.69. The van der Waals surface area contributed by atoms with E-state index in [0.29, 0.717) is 52.4 Å². The van der Waals surface area contributed by atoms with E-state index in [1.54, 1.807) is 4.90 Å². The Labute approximate surface area is 102 Å². The third kappa shape index (κ3) is 5.65. The summed E-state index contributed by atoms with van der Waals surface area (Å²) in [6.07, 6.45) is 0.407. The van der Waals surface area contributed by atoms with Gasteiger partial charge >= 0.3 is 0 Å². The number of carbonyl (C=O) groups is 2. The summed E-state index contributed by atoms with van der Waals surface area (Å²) >= 11 is 0. The van der Waals surface area contributed by atoms with Crippen LogP contribution in [0.5, 0.6) is 0 Å².